The molecule has 1 N–H and O–H groups in total. The van der Waals surface area contributed by atoms with Gasteiger partial charge in [0.15, 0.2) is 11.0 Å². The van der Waals surface area contributed by atoms with Crippen molar-refractivity contribution in [3.05, 3.63) is 16.3 Å². The second-order valence-electron chi connectivity index (χ2n) is 6.02. The molecule has 4 heteroatoms. The third kappa shape index (κ3) is 2.61. The highest BCUT2D eigenvalue weighted by molar-refractivity contribution is 6.30. The molecule has 1 aliphatic carbocycles. The molecule has 18 heavy (non-hydrogen) atoms. The van der Waals surface area contributed by atoms with E-state index in [0.29, 0.717) is 16.6 Å². The van der Waals surface area contributed by atoms with Crippen LogP contribution in [0.2, 0.25) is 5.15 Å². The van der Waals surface area contributed by atoms with E-state index in [1.807, 2.05) is 13.8 Å². The highest BCUT2D eigenvalue weighted by Crippen LogP contribution is 2.37. The van der Waals surface area contributed by atoms with Gasteiger partial charge in [0, 0.05) is 6.04 Å². The summed E-state index contributed by atoms with van der Waals surface area (Å²) in [5.74, 6) is 0.886. The highest BCUT2D eigenvalue weighted by atomic mass is 35.5. The first-order valence-corrected chi connectivity index (χ1v) is 7.05. The molecular weight excluding hydrogens is 246 g/mol. The molecule has 1 unspecified atom stereocenters. The van der Waals surface area contributed by atoms with Gasteiger partial charge in [-0.15, -0.1) is 10.2 Å². The summed E-state index contributed by atoms with van der Waals surface area (Å²) in [6.07, 6.45) is 5.09. The van der Waals surface area contributed by atoms with E-state index in [0.717, 1.165) is 16.9 Å². The van der Waals surface area contributed by atoms with Crippen LogP contribution in [0.1, 0.15) is 50.7 Å². The molecule has 0 aromatic carbocycles. The van der Waals surface area contributed by atoms with Crippen molar-refractivity contribution in [2.24, 2.45) is 5.41 Å². The Morgan fingerprint density at radius 3 is 2.56 bits per heavy atom. The zero-order valence-corrected chi connectivity index (χ0v) is 12.4. The number of halogens is 1. The molecule has 0 spiro atoms. The predicted octanol–water partition coefficient (Wildman–Crippen LogP) is 4.13. The van der Waals surface area contributed by atoms with Crippen molar-refractivity contribution in [2.75, 3.05) is 5.32 Å². The summed E-state index contributed by atoms with van der Waals surface area (Å²) in [7, 11) is 0. The quantitative estimate of drug-likeness (QED) is 0.876. The van der Waals surface area contributed by atoms with E-state index in [4.69, 9.17) is 11.6 Å². The van der Waals surface area contributed by atoms with Gasteiger partial charge in [-0.1, -0.05) is 38.3 Å². The number of nitrogens with one attached hydrogen (secondary N) is 1. The molecule has 1 aromatic heterocycles. The van der Waals surface area contributed by atoms with Crippen molar-refractivity contribution in [2.45, 2.75) is 59.4 Å². The average molecular weight is 268 g/mol. The minimum atomic E-state index is 0.319. The second kappa shape index (κ2) is 5.04. The van der Waals surface area contributed by atoms with Crippen LogP contribution in [0.5, 0.6) is 0 Å². The summed E-state index contributed by atoms with van der Waals surface area (Å²) in [6.45, 7) is 8.70. The van der Waals surface area contributed by atoms with E-state index in [9.17, 15) is 0 Å². The molecule has 0 aliphatic heterocycles. The topological polar surface area (TPSA) is 37.8 Å². The number of anilines is 1. The van der Waals surface area contributed by atoms with Crippen molar-refractivity contribution in [1.29, 1.82) is 0 Å². The second-order valence-corrected chi connectivity index (χ2v) is 6.38. The SMILES string of the molecule is Cc1c(Cl)nnc(NC2CCCCC2(C)C)c1C. The fraction of sp³-hybridized carbons (Fsp3) is 0.714. The smallest absolute Gasteiger partial charge is 0.155 e. The van der Waals surface area contributed by atoms with E-state index in [2.05, 4.69) is 29.4 Å². The zero-order chi connectivity index (χ0) is 13.3. The molecule has 2 rings (SSSR count). The number of hydrogen-bond donors (Lipinski definition) is 1. The molecular formula is C14H22ClN3. The molecule has 1 saturated carbocycles. The van der Waals surface area contributed by atoms with Crippen LogP contribution in [0.15, 0.2) is 0 Å². The number of hydrogen-bond acceptors (Lipinski definition) is 3. The maximum atomic E-state index is 5.98. The Balaban J connectivity index is 2.21. The Morgan fingerprint density at radius 2 is 1.89 bits per heavy atom. The van der Waals surface area contributed by atoms with Crippen LogP contribution < -0.4 is 5.32 Å². The summed E-state index contributed by atoms with van der Waals surface area (Å²) in [6, 6.07) is 0.472. The summed E-state index contributed by atoms with van der Waals surface area (Å²) < 4.78 is 0. The van der Waals surface area contributed by atoms with Crippen LogP contribution in [0.4, 0.5) is 5.82 Å². The lowest BCUT2D eigenvalue weighted by Crippen LogP contribution is -2.39. The lowest BCUT2D eigenvalue weighted by atomic mass is 9.73. The average Bonchev–Trinajstić information content (AvgIpc) is 2.32. The number of rotatable bonds is 2. The van der Waals surface area contributed by atoms with Crippen molar-refractivity contribution in [3.8, 4) is 0 Å². The fourth-order valence-corrected chi connectivity index (χ4v) is 2.82. The van der Waals surface area contributed by atoms with Crippen molar-refractivity contribution in [3.63, 3.8) is 0 Å². The standard InChI is InChI=1S/C14H22ClN3/c1-9-10(2)13(18-17-12(9)15)16-11-7-5-6-8-14(11,3)4/h11H,5-8H2,1-4H3,(H,16,18). The third-order valence-corrected chi connectivity index (χ3v) is 4.64. The molecule has 1 atom stereocenters. The van der Waals surface area contributed by atoms with Gasteiger partial charge in [0.2, 0.25) is 0 Å². The Morgan fingerprint density at radius 1 is 1.17 bits per heavy atom. The van der Waals surface area contributed by atoms with Crippen LogP contribution >= 0.6 is 11.6 Å². The number of aromatic nitrogens is 2. The van der Waals surface area contributed by atoms with E-state index in [1.165, 1.54) is 25.7 Å². The van der Waals surface area contributed by atoms with Gasteiger partial charge in [-0.25, -0.2) is 0 Å². The van der Waals surface area contributed by atoms with E-state index in [1.54, 1.807) is 0 Å². The molecule has 1 heterocycles. The monoisotopic (exact) mass is 267 g/mol. The lowest BCUT2D eigenvalue weighted by Gasteiger charge is -2.39. The largest absolute Gasteiger partial charge is 0.365 e. The predicted molar refractivity (Wildman–Crippen MR) is 76.2 cm³/mol. The molecule has 0 bridgehead atoms. The van der Waals surface area contributed by atoms with Crippen molar-refractivity contribution < 1.29 is 0 Å². The lowest BCUT2D eigenvalue weighted by molar-refractivity contribution is 0.216. The van der Waals surface area contributed by atoms with Crippen LogP contribution in [0.3, 0.4) is 0 Å². The minimum absolute atomic E-state index is 0.319. The molecule has 0 amide bonds. The summed E-state index contributed by atoms with van der Waals surface area (Å²) in [5, 5.41) is 12.3. The summed E-state index contributed by atoms with van der Waals surface area (Å²) in [4.78, 5) is 0. The van der Waals surface area contributed by atoms with Gasteiger partial charge in [0.05, 0.1) is 0 Å². The van der Waals surface area contributed by atoms with E-state index < -0.39 is 0 Å². The highest BCUT2D eigenvalue weighted by Gasteiger charge is 2.32. The van der Waals surface area contributed by atoms with Gasteiger partial charge in [-0.2, -0.15) is 0 Å². The molecule has 0 radical (unpaired) electrons. The Hall–Kier alpha value is -0.830. The summed E-state index contributed by atoms with van der Waals surface area (Å²) in [5.41, 5.74) is 2.44. The molecule has 3 nitrogen and oxygen atoms in total. The number of nitrogens with zero attached hydrogens (tertiary/aromatic N) is 2. The van der Waals surface area contributed by atoms with E-state index in [-0.39, 0.29) is 0 Å². The van der Waals surface area contributed by atoms with Crippen LogP contribution in [-0.4, -0.2) is 16.2 Å². The first kappa shape index (κ1) is 13.6. The molecule has 1 aliphatic rings. The maximum Gasteiger partial charge on any atom is 0.155 e. The normalized spacial score (nSPS) is 22.8. The van der Waals surface area contributed by atoms with Gasteiger partial charge >= 0.3 is 0 Å². The van der Waals surface area contributed by atoms with Crippen molar-refractivity contribution in [1.82, 2.24) is 10.2 Å². The zero-order valence-electron chi connectivity index (χ0n) is 11.7. The van der Waals surface area contributed by atoms with Gasteiger partial charge in [0.25, 0.3) is 0 Å². The molecule has 0 saturated heterocycles. The maximum absolute atomic E-state index is 5.98. The Kier molecular flexibility index (Phi) is 3.81. The first-order chi connectivity index (χ1) is 8.42. The van der Waals surface area contributed by atoms with Crippen LogP contribution in [0, 0.1) is 19.3 Å². The minimum Gasteiger partial charge on any atom is -0.365 e. The third-order valence-electron chi connectivity index (χ3n) is 4.28. The summed E-state index contributed by atoms with van der Waals surface area (Å²) >= 11 is 5.98. The Labute approximate surface area is 114 Å². The van der Waals surface area contributed by atoms with E-state index >= 15 is 0 Å². The van der Waals surface area contributed by atoms with Crippen LogP contribution in [0.25, 0.3) is 0 Å². The van der Waals surface area contributed by atoms with Crippen molar-refractivity contribution >= 4 is 17.4 Å². The van der Waals surface area contributed by atoms with Gasteiger partial charge < -0.3 is 5.32 Å². The molecule has 1 fully saturated rings. The first-order valence-electron chi connectivity index (χ1n) is 6.68. The van der Waals surface area contributed by atoms with Gasteiger partial charge in [-0.05, 0) is 43.2 Å². The Bertz CT molecular complexity index is 443. The molecule has 100 valence electrons. The van der Waals surface area contributed by atoms with Gasteiger partial charge in [0.1, 0.15) is 0 Å². The van der Waals surface area contributed by atoms with Gasteiger partial charge in [-0.3, -0.25) is 0 Å². The molecule has 1 aromatic rings. The fourth-order valence-electron chi connectivity index (χ4n) is 2.64. The van der Waals surface area contributed by atoms with Crippen LogP contribution in [-0.2, 0) is 0 Å².